The summed E-state index contributed by atoms with van der Waals surface area (Å²) in [6.07, 6.45) is 0. The van der Waals surface area contributed by atoms with Crippen molar-refractivity contribution in [2.24, 2.45) is 5.92 Å². The Balaban J connectivity index is 1.54. The number of nitrogens with zero attached hydrogens (tertiary/aromatic N) is 1. The van der Waals surface area contributed by atoms with Gasteiger partial charge in [-0.05, 0) is 48.0 Å². The van der Waals surface area contributed by atoms with Crippen LogP contribution in [0.2, 0.25) is 15.1 Å². The second kappa shape index (κ2) is 9.60. The van der Waals surface area contributed by atoms with Gasteiger partial charge in [-0.1, -0.05) is 59.6 Å². The van der Waals surface area contributed by atoms with Gasteiger partial charge in [0.05, 0.1) is 20.6 Å². The number of anilines is 2. The van der Waals surface area contributed by atoms with Gasteiger partial charge in [0, 0.05) is 36.0 Å². The van der Waals surface area contributed by atoms with E-state index in [1.54, 1.807) is 43.4 Å². The first-order chi connectivity index (χ1) is 16.0. The van der Waals surface area contributed by atoms with Crippen LogP contribution in [0.4, 0.5) is 15.8 Å². The fraction of sp³-hybridized carbons (Fsp3) is 0.160. The molecule has 2 atom stereocenters. The Morgan fingerprint density at radius 3 is 2.26 bits per heavy atom. The lowest BCUT2D eigenvalue weighted by Crippen LogP contribution is -2.27. The molecule has 1 aliphatic carbocycles. The molecule has 0 bridgehead atoms. The van der Waals surface area contributed by atoms with Crippen LogP contribution >= 0.6 is 58.0 Å². The highest BCUT2D eigenvalue weighted by atomic mass is 35.5. The van der Waals surface area contributed by atoms with Crippen molar-refractivity contribution in [3.05, 3.63) is 105 Å². The van der Waals surface area contributed by atoms with Gasteiger partial charge in [0.15, 0.2) is 0 Å². The molecule has 0 spiro atoms. The van der Waals surface area contributed by atoms with Gasteiger partial charge in [0.1, 0.15) is 10.2 Å². The molecule has 1 amide bonds. The van der Waals surface area contributed by atoms with Crippen LogP contribution in [-0.4, -0.2) is 17.3 Å². The Kier molecular flexibility index (Phi) is 7.10. The molecular formula is C25H18Cl5FN2O. The fourth-order valence-corrected chi connectivity index (χ4v) is 5.42. The first kappa shape index (κ1) is 25.2. The lowest BCUT2D eigenvalue weighted by molar-refractivity contribution is 0.0989. The van der Waals surface area contributed by atoms with Gasteiger partial charge >= 0.3 is 0 Å². The third kappa shape index (κ3) is 4.75. The van der Waals surface area contributed by atoms with Crippen molar-refractivity contribution in [3.8, 4) is 0 Å². The number of hydrogen-bond acceptors (Lipinski definition) is 2. The van der Waals surface area contributed by atoms with Gasteiger partial charge in [0.25, 0.3) is 5.91 Å². The minimum atomic E-state index is -1.16. The number of benzene rings is 3. The molecule has 3 aromatic rings. The molecule has 176 valence electrons. The lowest BCUT2D eigenvalue weighted by Gasteiger charge is -2.18. The van der Waals surface area contributed by atoms with Crippen LogP contribution in [0.25, 0.3) is 0 Å². The van der Waals surface area contributed by atoms with E-state index in [0.717, 1.165) is 5.56 Å². The van der Waals surface area contributed by atoms with Crippen molar-refractivity contribution in [2.75, 3.05) is 17.3 Å². The van der Waals surface area contributed by atoms with Crippen LogP contribution in [0.5, 0.6) is 0 Å². The molecule has 3 nitrogen and oxygen atoms in total. The third-order valence-corrected chi connectivity index (χ3v) is 7.88. The number of carbonyl (C=O) groups excluding carboxylic acids is 1. The average molecular weight is 559 g/mol. The molecule has 1 fully saturated rings. The van der Waals surface area contributed by atoms with E-state index in [1.165, 1.54) is 23.1 Å². The second-order valence-electron chi connectivity index (χ2n) is 7.97. The molecule has 1 N–H and O–H groups in total. The van der Waals surface area contributed by atoms with Crippen molar-refractivity contribution in [1.29, 1.82) is 0 Å². The third-order valence-electron chi connectivity index (χ3n) is 5.74. The molecule has 3 aromatic carbocycles. The quantitative estimate of drug-likeness (QED) is 0.243. The normalized spacial score (nSPS) is 18.3. The first-order valence-electron chi connectivity index (χ1n) is 10.1. The number of nitrogens with one attached hydrogen (secondary N) is 1. The Morgan fingerprint density at radius 2 is 1.65 bits per heavy atom. The van der Waals surface area contributed by atoms with Gasteiger partial charge in [-0.25, -0.2) is 4.39 Å². The molecule has 2 unspecified atom stereocenters. The number of allylic oxidation sites excluding steroid dienone is 1. The Bertz CT molecular complexity index is 1260. The Labute approximate surface area is 222 Å². The van der Waals surface area contributed by atoms with Crippen molar-refractivity contribution in [3.63, 3.8) is 0 Å². The maximum atomic E-state index is 14.5. The molecule has 4 rings (SSSR count). The molecule has 1 aliphatic rings. The average Bonchev–Trinajstić information content (AvgIpc) is 3.40. The van der Waals surface area contributed by atoms with E-state index in [0.29, 0.717) is 27.1 Å². The summed E-state index contributed by atoms with van der Waals surface area (Å²) < 4.78 is 13.4. The SMILES string of the molecule is C=C(Nc1ccc(F)c(C(=O)N(C)c2ccccc2)c1)C1C(c2cc(Cl)c(Cl)c(Cl)c2)C1(Cl)Cl. The van der Waals surface area contributed by atoms with Gasteiger partial charge in [0.2, 0.25) is 0 Å². The molecule has 9 heteroatoms. The molecule has 0 radical (unpaired) electrons. The van der Waals surface area contributed by atoms with Gasteiger partial charge in [-0.15, -0.1) is 23.2 Å². The van der Waals surface area contributed by atoms with E-state index < -0.39 is 16.1 Å². The molecule has 34 heavy (non-hydrogen) atoms. The second-order valence-corrected chi connectivity index (χ2v) is 10.6. The summed E-state index contributed by atoms with van der Waals surface area (Å²) in [4.78, 5) is 14.3. The topological polar surface area (TPSA) is 32.3 Å². The summed E-state index contributed by atoms with van der Waals surface area (Å²) in [7, 11) is 1.59. The summed E-state index contributed by atoms with van der Waals surface area (Å²) >= 11 is 31.5. The fourth-order valence-electron chi connectivity index (χ4n) is 3.91. The summed E-state index contributed by atoms with van der Waals surface area (Å²) in [6, 6.07) is 16.5. The van der Waals surface area contributed by atoms with E-state index in [2.05, 4.69) is 11.9 Å². The molecule has 0 aliphatic heterocycles. The molecule has 0 saturated heterocycles. The summed E-state index contributed by atoms with van der Waals surface area (Å²) in [6.45, 7) is 4.06. The lowest BCUT2D eigenvalue weighted by atomic mass is 10.1. The smallest absolute Gasteiger partial charge is 0.261 e. The summed E-state index contributed by atoms with van der Waals surface area (Å²) in [5.41, 5.74) is 2.24. The number of amides is 1. The van der Waals surface area contributed by atoms with Crippen molar-refractivity contribution in [2.45, 2.75) is 10.3 Å². The number of carbonyl (C=O) groups is 1. The van der Waals surface area contributed by atoms with Gasteiger partial charge in [-0.2, -0.15) is 0 Å². The van der Waals surface area contributed by atoms with E-state index in [1.807, 2.05) is 6.07 Å². The molecule has 0 heterocycles. The van der Waals surface area contributed by atoms with E-state index >= 15 is 0 Å². The molecular weight excluding hydrogens is 541 g/mol. The van der Waals surface area contributed by atoms with Gasteiger partial charge < -0.3 is 10.2 Å². The zero-order valence-corrected chi connectivity index (χ0v) is 21.5. The van der Waals surface area contributed by atoms with Crippen LogP contribution in [0.1, 0.15) is 21.8 Å². The predicted molar refractivity (Wildman–Crippen MR) is 140 cm³/mol. The van der Waals surface area contributed by atoms with E-state index in [-0.39, 0.29) is 22.4 Å². The largest absolute Gasteiger partial charge is 0.359 e. The highest BCUT2D eigenvalue weighted by molar-refractivity contribution is 6.52. The number of hydrogen-bond donors (Lipinski definition) is 1. The minimum Gasteiger partial charge on any atom is -0.359 e. The Hall–Kier alpha value is -1.95. The van der Waals surface area contributed by atoms with E-state index in [9.17, 15) is 9.18 Å². The number of halogens is 6. The number of para-hydroxylation sites is 1. The molecule has 0 aromatic heterocycles. The number of rotatable bonds is 6. The van der Waals surface area contributed by atoms with Crippen LogP contribution < -0.4 is 10.2 Å². The predicted octanol–water partition coefficient (Wildman–Crippen LogP) is 8.58. The summed E-state index contributed by atoms with van der Waals surface area (Å²) in [5.74, 6) is -1.85. The first-order valence-corrected chi connectivity index (χ1v) is 12.0. The summed E-state index contributed by atoms with van der Waals surface area (Å²) in [5, 5.41) is 3.94. The maximum absolute atomic E-state index is 14.5. The number of alkyl halides is 2. The molecule has 1 saturated carbocycles. The Morgan fingerprint density at radius 1 is 1.03 bits per heavy atom. The standard InChI is InChI=1S/C25H18Cl5FN2O/c1-13(21-22(25(21,29)30)14-10-18(26)23(28)19(27)11-14)32-15-8-9-20(31)17(12-15)24(34)33(2)16-6-4-3-5-7-16/h3-12,21-22,32H,1H2,2H3. The maximum Gasteiger partial charge on any atom is 0.261 e. The highest BCUT2D eigenvalue weighted by Gasteiger charge is 2.65. The van der Waals surface area contributed by atoms with Crippen molar-refractivity contribution >= 4 is 75.3 Å². The zero-order valence-electron chi connectivity index (χ0n) is 17.8. The van der Waals surface area contributed by atoms with Crippen LogP contribution in [-0.2, 0) is 0 Å². The van der Waals surface area contributed by atoms with Crippen LogP contribution in [0.15, 0.2) is 72.9 Å². The minimum absolute atomic E-state index is 0.0872. The monoisotopic (exact) mass is 556 g/mol. The van der Waals surface area contributed by atoms with Gasteiger partial charge in [-0.3, -0.25) is 4.79 Å². The van der Waals surface area contributed by atoms with Crippen molar-refractivity contribution < 1.29 is 9.18 Å². The van der Waals surface area contributed by atoms with Crippen molar-refractivity contribution in [1.82, 2.24) is 0 Å². The van der Waals surface area contributed by atoms with E-state index in [4.69, 9.17) is 58.0 Å². The van der Waals surface area contributed by atoms with Crippen LogP contribution in [0.3, 0.4) is 0 Å². The highest BCUT2D eigenvalue weighted by Crippen LogP contribution is 2.67. The zero-order chi connectivity index (χ0) is 24.8. The van der Waals surface area contributed by atoms with Crippen LogP contribution in [0, 0.1) is 11.7 Å².